The van der Waals surface area contributed by atoms with Gasteiger partial charge in [-0.2, -0.15) is 0 Å². The summed E-state index contributed by atoms with van der Waals surface area (Å²) in [6, 6.07) is 3.26. The Hall–Kier alpha value is -1.17. The molecule has 0 saturated heterocycles. The summed E-state index contributed by atoms with van der Waals surface area (Å²) in [7, 11) is 1.54. The highest BCUT2D eigenvalue weighted by atomic mass is 35.5. The van der Waals surface area contributed by atoms with Gasteiger partial charge in [-0.15, -0.1) is 12.4 Å². The Morgan fingerprint density at radius 2 is 2.00 bits per heavy atom. The number of hydrogen-bond donors (Lipinski definition) is 2. The van der Waals surface area contributed by atoms with Gasteiger partial charge in [0.2, 0.25) is 0 Å². The first-order valence-electron chi connectivity index (χ1n) is 7.98. The van der Waals surface area contributed by atoms with E-state index in [0.717, 1.165) is 19.5 Å². The number of likely N-dealkylation sites (N-methyl/N-ethyl adjacent to an activating group) is 1. The van der Waals surface area contributed by atoms with Crippen molar-refractivity contribution in [3.05, 3.63) is 22.7 Å². The molecule has 1 amide bonds. The van der Waals surface area contributed by atoms with Gasteiger partial charge in [-0.1, -0.05) is 32.4 Å². The smallest absolute Gasteiger partial charge is 0.251 e. The molecule has 0 aliphatic rings. The first-order chi connectivity index (χ1) is 11.0. The lowest BCUT2D eigenvalue weighted by molar-refractivity contribution is 0.0953. The van der Waals surface area contributed by atoms with Crippen LogP contribution < -0.4 is 20.1 Å². The maximum absolute atomic E-state index is 12.1. The maximum Gasteiger partial charge on any atom is 0.251 e. The molecule has 0 aliphatic heterocycles. The van der Waals surface area contributed by atoms with E-state index in [1.807, 2.05) is 6.92 Å². The van der Waals surface area contributed by atoms with E-state index in [9.17, 15) is 4.79 Å². The van der Waals surface area contributed by atoms with Crippen LogP contribution in [0.2, 0.25) is 5.02 Å². The number of benzene rings is 1. The minimum absolute atomic E-state index is 0. The van der Waals surface area contributed by atoms with E-state index in [0.29, 0.717) is 41.2 Å². The molecule has 0 bridgehead atoms. The number of carbonyl (C=O) groups excluding carboxylic acids is 1. The molecule has 0 unspecified atom stereocenters. The van der Waals surface area contributed by atoms with Gasteiger partial charge in [-0.3, -0.25) is 4.79 Å². The van der Waals surface area contributed by atoms with Crippen molar-refractivity contribution in [3.8, 4) is 11.5 Å². The van der Waals surface area contributed by atoms with Gasteiger partial charge in [-0.25, -0.2) is 0 Å². The van der Waals surface area contributed by atoms with Crippen LogP contribution in [0.3, 0.4) is 0 Å². The molecule has 1 rings (SSSR count). The van der Waals surface area contributed by atoms with Crippen LogP contribution >= 0.6 is 24.0 Å². The quantitative estimate of drug-likeness (QED) is 0.611. The summed E-state index contributed by atoms with van der Waals surface area (Å²) in [6.45, 7) is 8.99. The molecule has 0 spiro atoms. The largest absolute Gasteiger partial charge is 0.493 e. The van der Waals surface area contributed by atoms with Crippen LogP contribution in [0.25, 0.3) is 0 Å². The predicted molar refractivity (Wildman–Crippen MR) is 101 cm³/mol. The van der Waals surface area contributed by atoms with Crippen molar-refractivity contribution in [2.75, 3.05) is 33.4 Å². The van der Waals surface area contributed by atoms with Gasteiger partial charge in [-0.05, 0) is 31.0 Å². The van der Waals surface area contributed by atoms with Crippen molar-refractivity contribution < 1.29 is 14.3 Å². The maximum atomic E-state index is 12.1. The van der Waals surface area contributed by atoms with E-state index >= 15 is 0 Å². The molecular weight excluding hydrogens is 351 g/mol. The number of ether oxygens (including phenoxy) is 2. The zero-order chi connectivity index (χ0) is 17.2. The lowest BCUT2D eigenvalue weighted by Crippen LogP contribution is -2.31. The second-order valence-corrected chi connectivity index (χ2v) is 6.04. The van der Waals surface area contributed by atoms with Crippen molar-refractivity contribution in [2.24, 2.45) is 5.92 Å². The van der Waals surface area contributed by atoms with Crippen molar-refractivity contribution >= 4 is 29.9 Å². The number of hydrogen-bond acceptors (Lipinski definition) is 4. The molecule has 0 aliphatic carbocycles. The van der Waals surface area contributed by atoms with Crippen LogP contribution in [0.4, 0.5) is 0 Å². The van der Waals surface area contributed by atoms with Crippen molar-refractivity contribution in [2.45, 2.75) is 27.2 Å². The number of carbonyl (C=O) groups is 1. The second kappa shape index (κ2) is 12.2. The summed E-state index contributed by atoms with van der Waals surface area (Å²) in [6.07, 6.45) is 0.923. The van der Waals surface area contributed by atoms with Gasteiger partial charge in [0.15, 0.2) is 11.5 Å². The molecule has 0 atom stereocenters. The Labute approximate surface area is 155 Å². The third-order valence-corrected chi connectivity index (χ3v) is 3.55. The van der Waals surface area contributed by atoms with Gasteiger partial charge < -0.3 is 20.1 Å². The van der Waals surface area contributed by atoms with Crippen LogP contribution in [0.1, 0.15) is 37.6 Å². The van der Waals surface area contributed by atoms with E-state index in [1.165, 1.54) is 7.11 Å². The van der Waals surface area contributed by atoms with Crippen LogP contribution in [0.5, 0.6) is 11.5 Å². The molecule has 0 radical (unpaired) electrons. The van der Waals surface area contributed by atoms with E-state index < -0.39 is 0 Å². The number of amides is 1. The Morgan fingerprint density at radius 3 is 2.58 bits per heavy atom. The highest BCUT2D eigenvalue weighted by molar-refractivity contribution is 6.32. The fourth-order valence-electron chi connectivity index (χ4n) is 1.93. The molecule has 138 valence electrons. The van der Waals surface area contributed by atoms with Crippen molar-refractivity contribution in [1.82, 2.24) is 10.6 Å². The number of methoxy groups -OCH3 is 1. The summed E-state index contributed by atoms with van der Waals surface area (Å²) in [5, 5.41) is 6.36. The minimum Gasteiger partial charge on any atom is -0.493 e. The van der Waals surface area contributed by atoms with Gasteiger partial charge in [0, 0.05) is 18.7 Å². The first kappa shape index (κ1) is 22.8. The SMILES string of the molecule is CCNCCNC(=O)c1cc(Cl)c(OCCC(C)C)c(OC)c1.Cl. The zero-order valence-corrected chi connectivity index (χ0v) is 16.4. The number of nitrogens with one attached hydrogen (secondary N) is 2. The molecular formula is C17H28Cl2N2O3. The summed E-state index contributed by atoms with van der Waals surface area (Å²) in [4.78, 5) is 12.1. The van der Waals surface area contributed by atoms with E-state index in [2.05, 4.69) is 24.5 Å². The zero-order valence-electron chi connectivity index (χ0n) is 14.8. The van der Waals surface area contributed by atoms with Crippen LogP contribution in [0.15, 0.2) is 12.1 Å². The predicted octanol–water partition coefficient (Wildman–Crippen LogP) is 3.53. The fraction of sp³-hybridized carbons (Fsp3) is 0.588. The molecule has 5 nitrogen and oxygen atoms in total. The van der Waals surface area contributed by atoms with Gasteiger partial charge in [0.1, 0.15) is 0 Å². The molecule has 24 heavy (non-hydrogen) atoms. The average Bonchev–Trinajstić information content (AvgIpc) is 2.52. The van der Waals surface area contributed by atoms with E-state index in [4.69, 9.17) is 21.1 Å². The molecule has 1 aromatic rings. The normalized spacial score (nSPS) is 10.2. The molecule has 0 fully saturated rings. The lowest BCUT2D eigenvalue weighted by atomic mass is 10.1. The van der Waals surface area contributed by atoms with Gasteiger partial charge >= 0.3 is 0 Å². The molecule has 0 heterocycles. The van der Waals surface area contributed by atoms with Gasteiger partial charge in [0.25, 0.3) is 5.91 Å². The minimum atomic E-state index is -0.183. The molecule has 7 heteroatoms. The first-order valence-corrected chi connectivity index (χ1v) is 8.36. The molecule has 2 N–H and O–H groups in total. The number of halogens is 2. The van der Waals surface area contributed by atoms with Crippen LogP contribution in [-0.2, 0) is 0 Å². The number of rotatable bonds is 10. The van der Waals surface area contributed by atoms with E-state index in [-0.39, 0.29) is 18.3 Å². The highest BCUT2D eigenvalue weighted by Gasteiger charge is 2.16. The Morgan fingerprint density at radius 1 is 1.29 bits per heavy atom. The lowest BCUT2D eigenvalue weighted by Gasteiger charge is -2.15. The van der Waals surface area contributed by atoms with E-state index in [1.54, 1.807) is 12.1 Å². The Balaban J connectivity index is 0.00000529. The third-order valence-electron chi connectivity index (χ3n) is 3.27. The van der Waals surface area contributed by atoms with Crippen molar-refractivity contribution in [3.63, 3.8) is 0 Å². The topological polar surface area (TPSA) is 59.6 Å². The fourth-order valence-corrected chi connectivity index (χ4v) is 2.20. The molecule has 1 aromatic carbocycles. The summed E-state index contributed by atoms with van der Waals surface area (Å²) >= 11 is 6.26. The monoisotopic (exact) mass is 378 g/mol. The van der Waals surface area contributed by atoms with Crippen molar-refractivity contribution in [1.29, 1.82) is 0 Å². The van der Waals surface area contributed by atoms with Gasteiger partial charge in [0.05, 0.1) is 18.7 Å². The standard InChI is InChI=1S/C17H27ClN2O3.ClH/c1-5-19-7-8-20-17(21)13-10-14(18)16(15(11-13)22-4)23-9-6-12(2)3;/h10-12,19H,5-9H2,1-4H3,(H,20,21);1H. The van der Waals surface area contributed by atoms with Crippen LogP contribution in [-0.4, -0.2) is 39.3 Å². The Kier molecular flexibility index (Phi) is 11.6. The second-order valence-electron chi connectivity index (χ2n) is 5.63. The molecule has 0 aromatic heterocycles. The summed E-state index contributed by atoms with van der Waals surface area (Å²) in [5.74, 6) is 1.32. The summed E-state index contributed by atoms with van der Waals surface area (Å²) < 4.78 is 11.0. The Bertz CT molecular complexity index is 511. The third kappa shape index (κ3) is 7.60. The van der Waals surface area contributed by atoms with Crippen LogP contribution in [0, 0.1) is 5.92 Å². The average molecular weight is 379 g/mol. The highest BCUT2D eigenvalue weighted by Crippen LogP contribution is 2.36. The molecule has 0 saturated carbocycles. The summed E-state index contributed by atoms with van der Waals surface area (Å²) in [5.41, 5.74) is 0.458.